The molecule has 3 nitrogen and oxygen atoms in total. The zero-order chi connectivity index (χ0) is 17.2. The Bertz CT molecular complexity index is 701. The highest BCUT2D eigenvalue weighted by Gasteiger charge is 2.42. The van der Waals surface area contributed by atoms with E-state index in [4.69, 9.17) is 4.74 Å². The number of likely N-dealkylation sites (tertiary alicyclic amines) is 1. The van der Waals surface area contributed by atoms with Gasteiger partial charge in [-0.3, -0.25) is 4.90 Å². The monoisotopic (exact) mass is 340 g/mol. The van der Waals surface area contributed by atoms with Crippen molar-refractivity contribution < 1.29 is 9.13 Å². The Morgan fingerprint density at radius 2 is 1.88 bits per heavy atom. The van der Waals surface area contributed by atoms with Crippen LogP contribution in [0.5, 0.6) is 5.75 Å². The van der Waals surface area contributed by atoms with E-state index >= 15 is 0 Å². The zero-order valence-electron chi connectivity index (χ0n) is 14.6. The van der Waals surface area contributed by atoms with Crippen molar-refractivity contribution in [2.75, 3.05) is 20.2 Å². The van der Waals surface area contributed by atoms with Crippen molar-refractivity contribution in [1.82, 2.24) is 10.2 Å². The van der Waals surface area contributed by atoms with Gasteiger partial charge >= 0.3 is 0 Å². The first kappa shape index (κ1) is 16.6. The highest BCUT2D eigenvalue weighted by molar-refractivity contribution is 5.29. The first-order chi connectivity index (χ1) is 12.2. The van der Waals surface area contributed by atoms with Crippen LogP contribution < -0.4 is 10.1 Å². The number of fused-ring (bicyclic) bond motifs is 1. The third kappa shape index (κ3) is 3.42. The third-order valence-corrected chi connectivity index (χ3v) is 5.65. The highest BCUT2D eigenvalue weighted by Crippen LogP contribution is 2.36. The van der Waals surface area contributed by atoms with Gasteiger partial charge in [0.05, 0.1) is 7.11 Å². The molecule has 132 valence electrons. The number of rotatable bonds is 4. The molecule has 0 spiro atoms. The molecule has 0 unspecified atom stereocenters. The fourth-order valence-electron chi connectivity index (χ4n) is 4.42. The molecule has 0 saturated carbocycles. The van der Waals surface area contributed by atoms with Gasteiger partial charge in [-0.1, -0.05) is 24.3 Å². The number of benzene rings is 2. The van der Waals surface area contributed by atoms with Gasteiger partial charge in [0, 0.05) is 31.1 Å². The van der Waals surface area contributed by atoms with E-state index in [9.17, 15) is 4.39 Å². The van der Waals surface area contributed by atoms with Crippen LogP contribution in [0.2, 0.25) is 0 Å². The van der Waals surface area contributed by atoms with E-state index in [1.165, 1.54) is 24.0 Å². The lowest BCUT2D eigenvalue weighted by Gasteiger charge is -2.40. The third-order valence-electron chi connectivity index (χ3n) is 5.65. The lowest BCUT2D eigenvalue weighted by atomic mass is 9.86. The van der Waals surface area contributed by atoms with E-state index in [0.29, 0.717) is 18.0 Å². The number of nitrogens with zero attached hydrogens (tertiary/aromatic N) is 1. The van der Waals surface area contributed by atoms with Gasteiger partial charge in [-0.05, 0) is 54.8 Å². The maximum absolute atomic E-state index is 13.3. The molecule has 4 heteroatoms. The molecular weight excluding hydrogens is 315 g/mol. The van der Waals surface area contributed by atoms with Crippen LogP contribution in [0, 0.1) is 5.82 Å². The smallest absolute Gasteiger partial charge is 0.123 e. The van der Waals surface area contributed by atoms with Gasteiger partial charge in [-0.2, -0.15) is 0 Å². The van der Waals surface area contributed by atoms with E-state index in [0.717, 1.165) is 25.4 Å². The predicted molar refractivity (Wildman–Crippen MR) is 97.4 cm³/mol. The molecule has 0 aliphatic carbocycles. The molecule has 1 N–H and O–H groups in total. The second kappa shape index (κ2) is 7.14. The number of methoxy groups -OCH3 is 1. The summed E-state index contributed by atoms with van der Waals surface area (Å²) < 4.78 is 18.6. The Labute approximate surface area is 148 Å². The molecule has 0 aromatic heterocycles. The average molecular weight is 340 g/mol. The number of halogens is 1. The summed E-state index contributed by atoms with van der Waals surface area (Å²) in [7, 11) is 1.70. The van der Waals surface area contributed by atoms with Crippen LogP contribution in [0.15, 0.2) is 48.5 Å². The molecule has 25 heavy (non-hydrogen) atoms. The Hall–Kier alpha value is -1.91. The van der Waals surface area contributed by atoms with Crippen LogP contribution in [0.3, 0.4) is 0 Å². The molecule has 2 fully saturated rings. The fraction of sp³-hybridized carbons (Fsp3) is 0.429. The number of hydrogen-bond acceptors (Lipinski definition) is 3. The molecule has 2 aliphatic rings. The summed E-state index contributed by atoms with van der Waals surface area (Å²) in [4.78, 5) is 2.60. The Kier molecular flexibility index (Phi) is 4.73. The Morgan fingerprint density at radius 3 is 2.60 bits per heavy atom. The van der Waals surface area contributed by atoms with Gasteiger partial charge < -0.3 is 10.1 Å². The number of nitrogens with one attached hydrogen (secondary N) is 1. The lowest BCUT2D eigenvalue weighted by molar-refractivity contribution is 0.120. The average Bonchev–Trinajstić information content (AvgIpc) is 3.08. The van der Waals surface area contributed by atoms with Crippen molar-refractivity contribution in [1.29, 1.82) is 0 Å². The van der Waals surface area contributed by atoms with Crippen molar-refractivity contribution in [3.8, 4) is 5.75 Å². The quantitative estimate of drug-likeness (QED) is 0.921. The Balaban J connectivity index is 1.55. The van der Waals surface area contributed by atoms with Crippen LogP contribution in [-0.2, 0) is 6.54 Å². The molecule has 4 rings (SSSR count). The van der Waals surface area contributed by atoms with E-state index in [1.54, 1.807) is 19.2 Å². The highest BCUT2D eigenvalue weighted by atomic mass is 19.1. The molecule has 0 radical (unpaired) electrons. The summed E-state index contributed by atoms with van der Waals surface area (Å²) >= 11 is 0. The summed E-state index contributed by atoms with van der Waals surface area (Å²) in [6.45, 7) is 3.04. The molecule has 3 atom stereocenters. The van der Waals surface area contributed by atoms with Crippen molar-refractivity contribution >= 4 is 0 Å². The largest absolute Gasteiger partial charge is 0.497 e. The lowest BCUT2D eigenvalue weighted by Crippen LogP contribution is -2.49. The van der Waals surface area contributed by atoms with Gasteiger partial charge in [-0.15, -0.1) is 0 Å². The van der Waals surface area contributed by atoms with Gasteiger partial charge in [-0.25, -0.2) is 4.39 Å². The molecule has 2 heterocycles. The SMILES string of the molecule is COc1ccc(CN2CCC[C@H]3NC[C@H](c4ccc(F)cc4)[C@H]32)cc1. The zero-order valence-corrected chi connectivity index (χ0v) is 14.6. The van der Waals surface area contributed by atoms with E-state index in [1.807, 2.05) is 24.3 Å². The normalized spacial score (nSPS) is 26.4. The Morgan fingerprint density at radius 1 is 1.12 bits per heavy atom. The maximum atomic E-state index is 13.3. The van der Waals surface area contributed by atoms with E-state index in [2.05, 4.69) is 22.3 Å². The minimum atomic E-state index is -0.162. The van der Waals surface area contributed by atoms with Crippen LogP contribution >= 0.6 is 0 Å². The first-order valence-corrected chi connectivity index (χ1v) is 9.10. The van der Waals surface area contributed by atoms with Crippen molar-refractivity contribution in [3.05, 3.63) is 65.5 Å². The van der Waals surface area contributed by atoms with Crippen molar-refractivity contribution in [2.45, 2.75) is 37.4 Å². The summed E-state index contributed by atoms with van der Waals surface area (Å²) in [5.74, 6) is 1.15. The molecule has 2 aromatic carbocycles. The number of piperidine rings is 1. The summed E-state index contributed by atoms with van der Waals surface area (Å²) in [5, 5.41) is 3.70. The first-order valence-electron chi connectivity index (χ1n) is 9.10. The predicted octanol–water partition coefficient (Wildman–Crippen LogP) is 3.55. The topological polar surface area (TPSA) is 24.5 Å². The van der Waals surface area contributed by atoms with Crippen LogP contribution in [0.4, 0.5) is 4.39 Å². The van der Waals surface area contributed by atoms with Gasteiger partial charge in [0.15, 0.2) is 0 Å². The second-order valence-electron chi connectivity index (χ2n) is 7.12. The molecule has 2 saturated heterocycles. The summed E-state index contributed by atoms with van der Waals surface area (Å²) in [6, 6.07) is 16.4. The number of hydrogen-bond donors (Lipinski definition) is 1. The molecule has 2 aliphatic heterocycles. The molecule has 0 amide bonds. The maximum Gasteiger partial charge on any atom is 0.123 e. The van der Waals surface area contributed by atoms with Crippen molar-refractivity contribution in [3.63, 3.8) is 0 Å². The van der Waals surface area contributed by atoms with Crippen LogP contribution in [0.25, 0.3) is 0 Å². The van der Waals surface area contributed by atoms with Gasteiger partial charge in [0.25, 0.3) is 0 Å². The molecule has 2 aromatic rings. The van der Waals surface area contributed by atoms with Crippen LogP contribution in [0.1, 0.15) is 29.9 Å². The minimum Gasteiger partial charge on any atom is -0.497 e. The molecule has 0 bridgehead atoms. The minimum absolute atomic E-state index is 0.162. The summed E-state index contributed by atoms with van der Waals surface area (Å²) in [6.07, 6.45) is 2.45. The second-order valence-corrected chi connectivity index (χ2v) is 7.12. The van der Waals surface area contributed by atoms with Crippen molar-refractivity contribution in [2.24, 2.45) is 0 Å². The summed E-state index contributed by atoms with van der Waals surface area (Å²) in [5.41, 5.74) is 2.55. The standard InChI is InChI=1S/C21H25FN2O/c1-25-18-10-4-15(5-11-18)14-24-12-2-3-20-21(24)19(13-23-20)16-6-8-17(22)9-7-16/h4-11,19-21,23H,2-3,12-14H2,1H3/t19-,20-,21-/m1/s1. The molecular formula is C21H25FN2O. The van der Waals surface area contributed by atoms with E-state index in [-0.39, 0.29) is 5.82 Å². The fourth-order valence-corrected chi connectivity index (χ4v) is 4.42. The number of ether oxygens (including phenoxy) is 1. The van der Waals surface area contributed by atoms with Gasteiger partial charge in [0.2, 0.25) is 0 Å². The van der Waals surface area contributed by atoms with E-state index < -0.39 is 0 Å². The van der Waals surface area contributed by atoms with Gasteiger partial charge in [0.1, 0.15) is 11.6 Å². The van der Waals surface area contributed by atoms with Crippen LogP contribution in [-0.4, -0.2) is 37.2 Å².